The van der Waals surface area contributed by atoms with Crippen LogP contribution in [0.4, 0.5) is 5.69 Å². The average molecular weight is 246 g/mol. The molecule has 0 spiro atoms. The van der Waals surface area contributed by atoms with Crippen LogP contribution in [-0.2, 0) is 5.41 Å². The molecule has 0 radical (unpaired) electrons. The van der Waals surface area contributed by atoms with Gasteiger partial charge in [0.2, 0.25) is 0 Å². The molecule has 0 saturated carbocycles. The van der Waals surface area contributed by atoms with Gasteiger partial charge in [-0.3, -0.25) is 0 Å². The first kappa shape index (κ1) is 13.4. The second-order valence-corrected chi connectivity index (χ2v) is 6.43. The van der Waals surface area contributed by atoms with Crippen molar-refractivity contribution < 1.29 is 0 Å². The average Bonchev–Trinajstić information content (AvgIpc) is 2.65. The lowest BCUT2D eigenvalue weighted by molar-refractivity contribution is 0.342. The van der Waals surface area contributed by atoms with Crippen molar-refractivity contribution in [2.45, 2.75) is 38.5 Å². The Morgan fingerprint density at radius 2 is 2.06 bits per heavy atom. The number of rotatable bonds is 4. The number of benzene rings is 1. The van der Waals surface area contributed by atoms with E-state index in [0.717, 1.165) is 13.1 Å². The fourth-order valence-electron chi connectivity index (χ4n) is 2.65. The van der Waals surface area contributed by atoms with E-state index in [2.05, 4.69) is 63.3 Å². The van der Waals surface area contributed by atoms with Crippen LogP contribution in [0.2, 0.25) is 0 Å². The molecule has 0 amide bonds. The van der Waals surface area contributed by atoms with Gasteiger partial charge in [0.15, 0.2) is 0 Å². The van der Waals surface area contributed by atoms with Gasteiger partial charge in [0.05, 0.1) is 0 Å². The molecule has 1 unspecified atom stereocenters. The third kappa shape index (κ3) is 2.54. The predicted molar refractivity (Wildman–Crippen MR) is 79.5 cm³/mol. The van der Waals surface area contributed by atoms with Gasteiger partial charge < -0.3 is 10.2 Å². The summed E-state index contributed by atoms with van der Waals surface area (Å²) in [5.41, 5.74) is 4.58. The number of nitrogens with zero attached hydrogens (tertiary/aromatic N) is 1. The summed E-state index contributed by atoms with van der Waals surface area (Å²) in [5.74, 6) is 0.606. The van der Waals surface area contributed by atoms with E-state index in [9.17, 15) is 0 Å². The standard InChI is InChI=1S/C16H26N2/c1-12(2)13-6-7-15-14(10-13)16(3,11-17-15)8-9-18(4)5/h6-7,10,12,17H,8-9,11H2,1-5H3. The van der Waals surface area contributed by atoms with E-state index in [-0.39, 0.29) is 5.41 Å². The maximum absolute atomic E-state index is 3.56. The van der Waals surface area contributed by atoms with Crippen LogP contribution >= 0.6 is 0 Å². The van der Waals surface area contributed by atoms with Crippen molar-refractivity contribution in [2.75, 3.05) is 32.5 Å². The van der Waals surface area contributed by atoms with E-state index in [1.807, 2.05) is 0 Å². The second kappa shape index (κ2) is 4.93. The summed E-state index contributed by atoms with van der Waals surface area (Å²) in [6.07, 6.45) is 1.21. The van der Waals surface area contributed by atoms with E-state index in [1.165, 1.54) is 23.2 Å². The van der Waals surface area contributed by atoms with E-state index in [1.54, 1.807) is 0 Å². The lowest BCUT2D eigenvalue weighted by Crippen LogP contribution is -2.29. The Kier molecular flexibility index (Phi) is 3.67. The SMILES string of the molecule is CC(C)c1ccc2c(c1)C(C)(CCN(C)C)CN2. The van der Waals surface area contributed by atoms with Gasteiger partial charge in [-0.05, 0) is 50.2 Å². The smallest absolute Gasteiger partial charge is 0.0379 e. The minimum absolute atomic E-state index is 0.282. The number of hydrogen-bond donors (Lipinski definition) is 1. The molecule has 1 N–H and O–H groups in total. The van der Waals surface area contributed by atoms with Crippen LogP contribution in [0, 0.1) is 0 Å². The highest BCUT2D eigenvalue weighted by Gasteiger charge is 2.34. The Hall–Kier alpha value is -1.02. The minimum Gasteiger partial charge on any atom is -0.384 e. The van der Waals surface area contributed by atoms with Crippen LogP contribution in [0.1, 0.15) is 44.2 Å². The van der Waals surface area contributed by atoms with Crippen molar-refractivity contribution in [2.24, 2.45) is 0 Å². The number of nitrogens with one attached hydrogen (secondary N) is 1. The number of fused-ring (bicyclic) bond motifs is 1. The van der Waals surface area contributed by atoms with Crippen LogP contribution in [0.5, 0.6) is 0 Å². The molecule has 1 atom stereocenters. The normalized spacial score (nSPS) is 22.4. The third-order valence-corrected chi connectivity index (χ3v) is 4.14. The van der Waals surface area contributed by atoms with Gasteiger partial charge in [0.1, 0.15) is 0 Å². The molecule has 1 heterocycles. The Morgan fingerprint density at radius 3 is 2.67 bits per heavy atom. The fraction of sp³-hybridized carbons (Fsp3) is 0.625. The summed E-state index contributed by atoms with van der Waals surface area (Å²) in [4.78, 5) is 2.27. The predicted octanol–water partition coefficient (Wildman–Crippen LogP) is 3.44. The van der Waals surface area contributed by atoms with Gasteiger partial charge in [0.25, 0.3) is 0 Å². The van der Waals surface area contributed by atoms with Crippen LogP contribution in [0.25, 0.3) is 0 Å². The summed E-state index contributed by atoms with van der Waals surface area (Å²) in [6, 6.07) is 6.93. The molecule has 1 aromatic carbocycles. The Labute approximate surface area is 111 Å². The fourth-order valence-corrected chi connectivity index (χ4v) is 2.65. The Morgan fingerprint density at radius 1 is 1.33 bits per heavy atom. The van der Waals surface area contributed by atoms with Crippen molar-refractivity contribution in [3.63, 3.8) is 0 Å². The Bertz CT molecular complexity index is 423. The highest BCUT2D eigenvalue weighted by Crippen LogP contribution is 2.40. The highest BCUT2D eigenvalue weighted by molar-refractivity contribution is 5.61. The molecule has 0 bridgehead atoms. The van der Waals surface area contributed by atoms with Gasteiger partial charge in [-0.25, -0.2) is 0 Å². The summed E-state index contributed by atoms with van der Waals surface area (Å²) in [6.45, 7) is 9.13. The molecular formula is C16H26N2. The van der Waals surface area contributed by atoms with E-state index in [0.29, 0.717) is 5.92 Å². The van der Waals surface area contributed by atoms with Gasteiger partial charge in [0, 0.05) is 17.6 Å². The third-order valence-electron chi connectivity index (χ3n) is 4.14. The molecule has 0 aromatic heterocycles. The van der Waals surface area contributed by atoms with Crippen molar-refractivity contribution in [1.29, 1.82) is 0 Å². The summed E-state index contributed by atoms with van der Waals surface area (Å²) in [7, 11) is 4.30. The molecule has 0 aliphatic carbocycles. The van der Waals surface area contributed by atoms with Crippen LogP contribution in [-0.4, -0.2) is 32.1 Å². The maximum atomic E-state index is 3.56. The minimum atomic E-state index is 0.282. The lowest BCUT2D eigenvalue weighted by atomic mass is 9.80. The monoisotopic (exact) mass is 246 g/mol. The first-order valence-electron chi connectivity index (χ1n) is 6.95. The molecular weight excluding hydrogens is 220 g/mol. The zero-order valence-corrected chi connectivity index (χ0v) is 12.4. The van der Waals surface area contributed by atoms with Gasteiger partial charge in [-0.15, -0.1) is 0 Å². The van der Waals surface area contributed by atoms with E-state index < -0.39 is 0 Å². The van der Waals surface area contributed by atoms with Crippen LogP contribution < -0.4 is 5.32 Å². The Balaban J connectivity index is 2.27. The molecule has 2 rings (SSSR count). The molecule has 2 heteroatoms. The molecule has 100 valence electrons. The maximum Gasteiger partial charge on any atom is 0.0379 e. The molecule has 1 aliphatic heterocycles. The quantitative estimate of drug-likeness (QED) is 0.875. The van der Waals surface area contributed by atoms with E-state index >= 15 is 0 Å². The summed E-state index contributed by atoms with van der Waals surface area (Å²) >= 11 is 0. The first-order valence-corrected chi connectivity index (χ1v) is 6.95. The molecule has 1 aromatic rings. The van der Waals surface area contributed by atoms with Crippen molar-refractivity contribution in [3.8, 4) is 0 Å². The van der Waals surface area contributed by atoms with Crippen molar-refractivity contribution in [3.05, 3.63) is 29.3 Å². The highest BCUT2D eigenvalue weighted by atomic mass is 15.1. The molecule has 18 heavy (non-hydrogen) atoms. The van der Waals surface area contributed by atoms with Crippen LogP contribution in [0.15, 0.2) is 18.2 Å². The number of hydrogen-bond acceptors (Lipinski definition) is 2. The van der Waals surface area contributed by atoms with Gasteiger partial charge in [-0.1, -0.05) is 32.9 Å². The summed E-state index contributed by atoms with van der Waals surface area (Å²) in [5, 5.41) is 3.56. The number of anilines is 1. The molecule has 0 fully saturated rings. The summed E-state index contributed by atoms with van der Waals surface area (Å²) < 4.78 is 0. The molecule has 2 nitrogen and oxygen atoms in total. The zero-order chi connectivity index (χ0) is 13.3. The van der Waals surface area contributed by atoms with Crippen LogP contribution in [0.3, 0.4) is 0 Å². The van der Waals surface area contributed by atoms with Gasteiger partial charge >= 0.3 is 0 Å². The second-order valence-electron chi connectivity index (χ2n) is 6.43. The van der Waals surface area contributed by atoms with Crippen molar-refractivity contribution in [1.82, 2.24) is 4.90 Å². The molecule has 0 saturated heterocycles. The zero-order valence-electron chi connectivity index (χ0n) is 12.4. The molecule has 1 aliphatic rings. The largest absolute Gasteiger partial charge is 0.384 e. The van der Waals surface area contributed by atoms with Crippen molar-refractivity contribution >= 4 is 5.69 Å². The lowest BCUT2D eigenvalue weighted by Gasteiger charge is -2.26. The van der Waals surface area contributed by atoms with E-state index in [4.69, 9.17) is 0 Å². The first-order chi connectivity index (χ1) is 8.42. The van der Waals surface area contributed by atoms with Gasteiger partial charge in [-0.2, -0.15) is 0 Å². The topological polar surface area (TPSA) is 15.3 Å².